The molecule has 2 unspecified atom stereocenters. The van der Waals surface area contributed by atoms with Crippen molar-refractivity contribution in [1.29, 1.82) is 5.26 Å². The number of pyridine rings is 1. The molecule has 2 heterocycles. The molecule has 5 rings (SSSR count). The van der Waals surface area contributed by atoms with Gasteiger partial charge in [-0.05, 0) is 61.9 Å². The Morgan fingerprint density at radius 2 is 2.00 bits per heavy atom. The van der Waals surface area contributed by atoms with Crippen molar-refractivity contribution in [3.63, 3.8) is 0 Å². The third-order valence-electron chi connectivity index (χ3n) is 6.57. The first-order valence-electron chi connectivity index (χ1n) is 10.2. The number of fused-ring (bicyclic) bond motifs is 3. The van der Waals surface area contributed by atoms with Crippen molar-refractivity contribution in [2.24, 2.45) is 16.9 Å². The normalized spacial score (nSPS) is 23.3. The van der Waals surface area contributed by atoms with Gasteiger partial charge in [0.25, 0.3) is 0 Å². The molecule has 1 saturated carbocycles. The van der Waals surface area contributed by atoms with Gasteiger partial charge in [0.2, 0.25) is 0 Å². The highest BCUT2D eigenvalue weighted by molar-refractivity contribution is 6.32. The molecule has 0 N–H and O–H groups in total. The van der Waals surface area contributed by atoms with Crippen molar-refractivity contribution in [2.45, 2.75) is 44.6 Å². The molecule has 146 valence electrons. The topological polar surface area (TPSA) is 69.3 Å². The van der Waals surface area contributed by atoms with E-state index in [1.165, 1.54) is 25.7 Å². The second kappa shape index (κ2) is 7.27. The first-order valence-corrected chi connectivity index (χ1v) is 10.6. The zero-order valence-electron chi connectivity index (χ0n) is 16.0. The highest BCUT2D eigenvalue weighted by Gasteiger charge is 2.45. The molecule has 2 aromatic rings. The van der Waals surface area contributed by atoms with Gasteiger partial charge in [0.1, 0.15) is 11.8 Å². The fourth-order valence-corrected chi connectivity index (χ4v) is 5.46. The number of hydrazone groups is 1. The summed E-state index contributed by atoms with van der Waals surface area (Å²) in [5.74, 6) is 0.948. The minimum Gasteiger partial charge on any atom is -0.296 e. The Morgan fingerprint density at radius 1 is 1.17 bits per heavy atom. The van der Waals surface area contributed by atoms with Crippen molar-refractivity contribution in [2.75, 3.05) is 5.01 Å². The van der Waals surface area contributed by atoms with E-state index >= 15 is 0 Å². The molecular weight excluding hydrogens is 384 g/mol. The maximum atomic E-state index is 11.1. The van der Waals surface area contributed by atoms with Crippen LogP contribution in [0.1, 0.15) is 59.4 Å². The molecule has 2 atom stereocenters. The molecule has 0 amide bonds. The number of anilines is 1. The molecular formula is C23H21ClN4O. The summed E-state index contributed by atoms with van der Waals surface area (Å²) in [5.41, 5.74) is 5.00. The maximum absolute atomic E-state index is 11.1. The zero-order valence-corrected chi connectivity index (χ0v) is 16.8. The van der Waals surface area contributed by atoms with Crippen LogP contribution in [-0.4, -0.2) is 23.0 Å². The Labute approximate surface area is 175 Å². The van der Waals surface area contributed by atoms with Gasteiger partial charge >= 0.3 is 0 Å². The first kappa shape index (κ1) is 18.3. The molecule has 1 aromatic heterocycles. The number of aromatic nitrogens is 1. The number of nitriles is 1. The quantitative estimate of drug-likeness (QED) is 0.691. The number of aryl methyl sites for hydroxylation is 1. The largest absolute Gasteiger partial charge is 0.296 e. The summed E-state index contributed by atoms with van der Waals surface area (Å²) in [4.78, 5) is 15.7. The average Bonchev–Trinajstić information content (AvgIpc) is 3.40. The molecule has 0 spiro atoms. The van der Waals surface area contributed by atoms with Gasteiger partial charge in [0, 0.05) is 11.5 Å². The van der Waals surface area contributed by atoms with Gasteiger partial charge in [-0.2, -0.15) is 10.4 Å². The predicted molar refractivity (Wildman–Crippen MR) is 112 cm³/mol. The summed E-state index contributed by atoms with van der Waals surface area (Å²) in [7, 11) is 0. The van der Waals surface area contributed by atoms with Crippen LogP contribution in [0.3, 0.4) is 0 Å². The molecule has 0 bridgehead atoms. The lowest BCUT2D eigenvalue weighted by Crippen LogP contribution is -2.40. The van der Waals surface area contributed by atoms with Crippen LogP contribution in [0.5, 0.6) is 0 Å². The molecule has 1 fully saturated rings. The van der Waals surface area contributed by atoms with E-state index in [-0.39, 0.29) is 0 Å². The Hall–Kier alpha value is -2.71. The molecule has 6 heteroatoms. The first-order chi connectivity index (χ1) is 14.2. The fourth-order valence-electron chi connectivity index (χ4n) is 5.24. The number of aldehydes is 1. The number of rotatable bonds is 3. The Bertz CT molecular complexity index is 1050. The van der Waals surface area contributed by atoms with Crippen LogP contribution in [0.2, 0.25) is 5.02 Å². The molecule has 0 radical (unpaired) electrons. The van der Waals surface area contributed by atoms with E-state index in [4.69, 9.17) is 16.7 Å². The van der Waals surface area contributed by atoms with Gasteiger partial charge < -0.3 is 0 Å². The summed E-state index contributed by atoms with van der Waals surface area (Å²) in [6.07, 6.45) is 7.64. The van der Waals surface area contributed by atoms with E-state index in [0.29, 0.717) is 34.2 Å². The lowest BCUT2D eigenvalue weighted by molar-refractivity contribution is 0.111. The summed E-state index contributed by atoms with van der Waals surface area (Å²) in [6.45, 7) is 0. The summed E-state index contributed by atoms with van der Waals surface area (Å²) in [5, 5.41) is 16.9. The minimum atomic E-state index is 0.301. The molecule has 1 aliphatic heterocycles. The van der Waals surface area contributed by atoms with Crippen LogP contribution in [0, 0.1) is 23.2 Å². The molecule has 1 aromatic carbocycles. The van der Waals surface area contributed by atoms with Crippen molar-refractivity contribution >= 4 is 29.3 Å². The summed E-state index contributed by atoms with van der Waals surface area (Å²) >= 11 is 6.34. The van der Waals surface area contributed by atoms with E-state index in [1.807, 2.05) is 18.2 Å². The van der Waals surface area contributed by atoms with Crippen molar-refractivity contribution in [3.8, 4) is 6.07 Å². The zero-order chi connectivity index (χ0) is 20.0. The van der Waals surface area contributed by atoms with E-state index in [2.05, 4.69) is 16.1 Å². The van der Waals surface area contributed by atoms with Crippen molar-refractivity contribution in [3.05, 3.63) is 57.9 Å². The number of halogens is 1. The number of carbonyl (C=O) groups excluding carboxylic acids is 1. The summed E-state index contributed by atoms with van der Waals surface area (Å²) < 4.78 is 0. The monoisotopic (exact) mass is 404 g/mol. The van der Waals surface area contributed by atoms with E-state index in [9.17, 15) is 10.1 Å². The number of benzene rings is 1. The van der Waals surface area contributed by atoms with E-state index in [1.54, 1.807) is 12.1 Å². The highest BCUT2D eigenvalue weighted by Crippen LogP contribution is 2.44. The predicted octanol–water partition coefficient (Wildman–Crippen LogP) is 4.76. The van der Waals surface area contributed by atoms with E-state index < -0.39 is 0 Å². The van der Waals surface area contributed by atoms with Gasteiger partial charge in [-0.1, -0.05) is 24.4 Å². The van der Waals surface area contributed by atoms with E-state index in [0.717, 1.165) is 41.8 Å². The smallest absolute Gasteiger partial charge is 0.168 e. The lowest BCUT2D eigenvalue weighted by Gasteiger charge is -2.34. The standard InChI is InChI=1S/C23H21ClN4O/c24-20-11-17(7-5-15(20)12-25)28-23(14-3-1-2-4-14)19-9-10-21-18(22(19)27-28)8-6-16(13-29)26-21/h5-8,11,13-14,19,23H,1-4,9-10H2. The van der Waals surface area contributed by atoms with Crippen molar-refractivity contribution < 1.29 is 4.79 Å². The molecule has 0 saturated heterocycles. The van der Waals surface area contributed by atoms with Crippen LogP contribution >= 0.6 is 11.6 Å². The second-order valence-electron chi connectivity index (χ2n) is 8.13. The Balaban J connectivity index is 1.60. The van der Waals surface area contributed by atoms with Gasteiger partial charge in [-0.3, -0.25) is 9.80 Å². The Kier molecular flexibility index (Phi) is 4.60. The minimum absolute atomic E-state index is 0.301. The van der Waals surface area contributed by atoms with Crippen LogP contribution in [0.4, 0.5) is 5.69 Å². The maximum Gasteiger partial charge on any atom is 0.168 e. The van der Waals surface area contributed by atoms with Crippen LogP contribution < -0.4 is 5.01 Å². The lowest BCUT2D eigenvalue weighted by atomic mass is 9.76. The third kappa shape index (κ3) is 3.03. The van der Waals surface area contributed by atoms with Gasteiger partial charge in [0.15, 0.2) is 6.29 Å². The highest BCUT2D eigenvalue weighted by atomic mass is 35.5. The second-order valence-corrected chi connectivity index (χ2v) is 8.54. The number of hydrogen-bond acceptors (Lipinski definition) is 5. The summed E-state index contributed by atoms with van der Waals surface area (Å²) in [6, 6.07) is 11.8. The van der Waals surface area contributed by atoms with Crippen molar-refractivity contribution in [1.82, 2.24) is 4.98 Å². The molecule has 3 aliphatic rings. The Morgan fingerprint density at radius 3 is 2.72 bits per heavy atom. The van der Waals surface area contributed by atoms with Gasteiger partial charge in [-0.25, -0.2) is 4.98 Å². The van der Waals surface area contributed by atoms with Crippen LogP contribution in [-0.2, 0) is 6.42 Å². The number of nitrogens with zero attached hydrogens (tertiary/aromatic N) is 4. The molecule has 2 aliphatic carbocycles. The van der Waals surface area contributed by atoms with Gasteiger partial charge in [0.05, 0.1) is 33.7 Å². The third-order valence-corrected chi connectivity index (χ3v) is 6.88. The molecule has 29 heavy (non-hydrogen) atoms. The fraction of sp³-hybridized carbons (Fsp3) is 0.391. The molecule has 5 nitrogen and oxygen atoms in total. The van der Waals surface area contributed by atoms with Gasteiger partial charge in [-0.15, -0.1) is 0 Å². The van der Waals surface area contributed by atoms with Crippen LogP contribution in [0.25, 0.3) is 0 Å². The average molecular weight is 405 g/mol. The van der Waals surface area contributed by atoms with Crippen LogP contribution in [0.15, 0.2) is 35.4 Å². The number of carbonyl (C=O) groups is 1. The SMILES string of the molecule is N#Cc1ccc(N2N=C3c4ccc(C=O)nc4CCC3C2C2CCCC2)cc1Cl. The number of hydrogen-bond donors (Lipinski definition) is 0.